The summed E-state index contributed by atoms with van der Waals surface area (Å²) in [5.74, 6) is 2.62. The van der Waals surface area contributed by atoms with E-state index in [1.807, 2.05) is 37.1 Å². The van der Waals surface area contributed by atoms with Gasteiger partial charge in [0.05, 0.1) is 31.3 Å². The van der Waals surface area contributed by atoms with E-state index in [2.05, 4.69) is 24.8 Å². The highest BCUT2D eigenvalue weighted by Gasteiger charge is 2.31. The van der Waals surface area contributed by atoms with Crippen LogP contribution in [0.25, 0.3) is 11.2 Å². The largest absolute Gasteiger partial charge is 0.378 e. The van der Waals surface area contributed by atoms with E-state index in [0.717, 1.165) is 86.6 Å². The van der Waals surface area contributed by atoms with Crippen molar-refractivity contribution in [3.05, 3.63) is 35.9 Å². The monoisotopic (exact) mass is 394 g/mol. The van der Waals surface area contributed by atoms with Crippen LogP contribution in [0.5, 0.6) is 0 Å². The third kappa shape index (κ3) is 3.56. The van der Waals surface area contributed by atoms with Crippen LogP contribution in [0.2, 0.25) is 0 Å². The third-order valence-electron chi connectivity index (χ3n) is 5.73. The van der Waals surface area contributed by atoms with E-state index < -0.39 is 0 Å². The fourth-order valence-corrected chi connectivity index (χ4v) is 4.26. The number of likely N-dealkylation sites (tertiary alicyclic amines) is 1. The Morgan fingerprint density at radius 2 is 1.97 bits per heavy atom. The number of aryl methyl sites for hydroxylation is 2. The van der Waals surface area contributed by atoms with Gasteiger partial charge in [0.2, 0.25) is 0 Å². The molecule has 0 saturated carbocycles. The van der Waals surface area contributed by atoms with Gasteiger partial charge >= 0.3 is 0 Å². The summed E-state index contributed by atoms with van der Waals surface area (Å²) in [5, 5.41) is 0. The van der Waals surface area contributed by atoms with Gasteiger partial charge in [-0.1, -0.05) is 0 Å². The molecule has 9 nitrogen and oxygen atoms in total. The van der Waals surface area contributed by atoms with Crippen molar-refractivity contribution in [2.45, 2.75) is 32.4 Å². The second kappa shape index (κ2) is 7.64. The number of morpholine rings is 1. The Morgan fingerprint density at radius 3 is 2.79 bits per heavy atom. The van der Waals surface area contributed by atoms with Gasteiger partial charge in [-0.05, 0) is 32.4 Å². The van der Waals surface area contributed by atoms with E-state index in [-0.39, 0.29) is 6.04 Å². The molecule has 0 aromatic carbocycles. The first-order valence-electron chi connectivity index (χ1n) is 10.2. The number of imidazole rings is 1. The second-order valence-corrected chi connectivity index (χ2v) is 7.76. The van der Waals surface area contributed by atoms with Crippen LogP contribution in [0.1, 0.15) is 36.2 Å². The molecule has 0 amide bonds. The van der Waals surface area contributed by atoms with E-state index in [4.69, 9.17) is 14.7 Å². The topological polar surface area (TPSA) is 85.1 Å². The van der Waals surface area contributed by atoms with Gasteiger partial charge in [0, 0.05) is 32.9 Å². The van der Waals surface area contributed by atoms with Crippen LogP contribution in [-0.2, 0) is 18.3 Å². The Labute approximate surface area is 169 Å². The standard InChI is InChI=1S/C20H26N8O/c1-14-21-6-5-15(23-14)12-28-7-3-4-16(28)18-24-19-17(22-13-26(19)2)20(25-18)27-8-10-29-11-9-27/h5-6,13,16H,3-4,7-12H2,1-2H3. The smallest absolute Gasteiger partial charge is 0.165 e. The highest BCUT2D eigenvalue weighted by atomic mass is 16.5. The average molecular weight is 394 g/mol. The fourth-order valence-electron chi connectivity index (χ4n) is 4.26. The Bertz CT molecular complexity index is 1010. The third-order valence-corrected chi connectivity index (χ3v) is 5.73. The Morgan fingerprint density at radius 1 is 1.10 bits per heavy atom. The van der Waals surface area contributed by atoms with Gasteiger partial charge in [-0.3, -0.25) is 4.90 Å². The van der Waals surface area contributed by atoms with Crippen molar-refractivity contribution in [1.29, 1.82) is 0 Å². The molecule has 152 valence electrons. The molecule has 2 saturated heterocycles. The average Bonchev–Trinajstić information content (AvgIpc) is 3.35. The summed E-state index contributed by atoms with van der Waals surface area (Å²) in [7, 11) is 1.99. The van der Waals surface area contributed by atoms with E-state index >= 15 is 0 Å². The molecule has 0 radical (unpaired) electrons. The minimum Gasteiger partial charge on any atom is -0.378 e. The van der Waals surface area contributed by atoms with Gasteiger partial charge in [0.1, 0.15) is 11.6 Å². The molecule has 3 aromatic rings. The highest BCUT2D eigenvalue weighted by molar-refractivity contribution is 5.83. The Balaban J connectivity index is 1.50. The van der Waals surface area contributed by atoms with Crippen LogP contribution < -0.4 is 4.90 Å². The maximum atomic E-state index is 5.53. The van der Waals surface area contributed by atoms with Gasteiger partial charge in [-0.15, -0.1) is 0 Å². The zero-order valence-electron chi connectivity index (χ0n) is 17.0. The van der Waals surface area contributed by atoms with Crippen LogP contribution in [0.4, 0.5) is 5.82 Å². The minimum atomic E-state index is 0.185. The van der Waals surface area contributed by atoms with Crippen molar-refractivity contribution < 1.29 is 4.74 Å². The van der Waals surface area contributed by atoms with Gasteiger partial charge in [-0.25, -0.2) is 24.9 Å². The van der Waals surface area contributed by atoms with Crippen molar-refractivity contribution in [3.8, 4) is 0 Å². The molecule has 1 atom stereocenters. The van der Waals surface area contributed by atoms with Crippen molar-refractivity contribution >= 4 is 17.0 Å². The highest BCUT2D eigenvalue weighted by Crippen LogP contribution is 2.34. The molecular weight excluding hydrogens is 368 g/mol. The van der Waals surface area contributed by atoms with Gasteiger partial charge in [0.25, 0.3) is 0 Å². The summed E-state index contributed by atoms with van der Waals surface area (Å²) in [4.78, 5) is 28.1. The number of fused-ring (bicyclic) bond motifs is 1. The van der Waals surface area contributed by atoms with Gasteiger partial charge < -0.3 is 14.2 Å². The first-order chi connectivity index (χ1) is 14.2. The van der Waals surface area contributed by atoms with Gasteiger partial charge in [-0.2, -0.15) is 0 Å². The van der Waals surface area contributed by atoms with Crippen molar-refractivity contribution in [1.82, 2.24) is 34.4 Å². The molecule has 0 N–H and O–H groups in total. The molecule has 9 heteroatoms. The summed E-state index contributed by atoms with van der Waals surface area (Å²) in [5.41, 5.74) is 2.80. The lowest BCUT2D eigenvalue weighted by molar-refractivity contribution is 0.122. The number of aromatic nitrogens is 6. The molecule has 0 spiro atoms. The zero-order chi connectivity index (χ0) is 19.8. The van der Waals surface area contributed by atoms with Crippen LogP contribution in [-0.4, -0.2) is 67.2 Å². The molecule has 29 heavy (non-hydrogen) atoms. The van der Waals surface area contributed by atoms with Crippen LogP contribution in [0, 0.1) is 6.92 Å². The maximum Gasteiger partial charge on any atom is 0.165 e. The van der Waals surface area contributed by atoms with Crippen LogP contribution in [0.3, 0.4) is 0 Å². The summed E-state index contributed by atoms with van der Waals surface area (Å²) in [6.45, 7) is 6.83. The van der Waals surface area contributed by atoms with Gasteiger partial charge in [0.15, 0.2) is 17.0 Å². The molecule has 2 fully saturated rings. The number of rotatable bonds is 4. The quantitative estimate of drug-likeness (QED) is 0.660. The summed E-state index contributed by atoms with van der Waals surface area (Å²) in [6, 6.07) is 2.18. The lowest BCUT2D eigenvalue weighted by atomic mass is 10.2. The van der Waals surface area contributed by atoms with Crippen molar-refractivity contribution in [3.63, 3.8) is 0 Å². The summed E-state index contributed by atoms with van der Waals surface area (Å²) in [6.07, 6.45) is 5.84. The predicted molar refractivity (Wildman–Crippen MR) is 108 cm³/mol. The molecular formula is C20H26N8O. The number of ether oxygens (including phenoxy) is 1. The van der Waals surface area contributed by atoms with Crippen molar-refractivity contribution in [2.24, 2.45) is 7.05 Å². The molecule has 5 heterocycles. The molecule has 2 aliphatic heterocycles. The molecule has 2 aliphatic rings. The van der Waals surface area contributed by atoms with E-state index in [9.17, 15) is 0 Å². The Kier molecular flexibility index (Phi) is 4.84. The minimum absolute atomic E-state index is 0.185. The lowest BCUT2D eigenvalue weighted by Crippen LogP contribution is -2.37. The van der Waals surface area contributed by atoms with Crippen LogP contribution in [0.15, 0.2) is 18.6 Å². The number of anilines is 1. The summed E-state index contributed by atoms with van der Waals surface area (Å²) < 4.78 is 7.51. The fraction of sp³-hybridized carbons (Fsp3) is 0.550. The lowest BCUT2D eigenvalue weighted by Gasteiger charge is -2.29. The number of hydrogen-bond acceptors (Lipinski definition) is 8. The second-order valence-electron chi connectivity index (χ2n) is 7.76. The first kappa shape index (κ1) is 18.4. The molecule has 0 bridgehead atoms. The SMILES string of the molecule is Cc1nccc(CN2CCCC2c2nc(N3CCOCC3)c3ncn(C)c3n2)n1. The number of nitrogens with zero attached hydrogens (tertiary/aromatic N) is 8. The number of hydrogen-bond donors (Lipinski definition) is 0. The van der Waals surface area contributed by atoms with Crippen molar-refractivity contribution in [2.75, 3.05) is 37.7 Å². The van der Waals surface area contributed by atoms with E-state index in [1.165, 1.54) is 0 Å². The molecule has 1 unspecified atom stereocenters. The van der Waals surface area contributed by atoms with E-state index in [0.29, 0.717) is 0 Å². The molecule has 5 rings (SSSR count). The predicted octanol–water partition coefficient (Wildman–Crippen LogP) is 1.64. The Hall–Kier alpha value is -2.65. The maximum absolute atomic E-state index is 5.53. The molecule has 0 aliphatic carbocycles. The van der Waals surface area contributed by atoms with Crippen LogP contribution >= 0.6 is 0 Å². The summed E-state index contributed by atoms with van der Waals surface area (Å²) >= 11 is 0. The zero-order valence-corrected chi connectivity index (χ0v) is 17.0. The molecule has 3 aromatic heterocycles. The first-order valence-corrected chi connectivity index (χ1v) is 10.2. The van der Waals surface area contributed by atoms with E-state index in [1.54, 1.807) is 0 Å². The normalized spacial score (nSPS) is 20.6.